The molecule has 0 radical (unpaired) electrons. The van der Waals surface area contributed by atoms with Gasteiger partial charge in [-0.15, -0.1) is 0 Å². The Morgan fingerprint density at radius 3 is 2.24 bits per heavy atom. The lowest BCUT2D eigenvalue weighted by atomic mass is 10.0. The van der Waals surface area contributed by atoms with Crippen molar-refractivity contribution in [1.82, 2.24) is 0 Å². The van der Waals surface area contributed by atoms with Crippen molar-refractivity contribution in [3.05, 3.63) is 52.1 Å². The summed E-state index contributed by atoms with van der Waals surface area (Å²) in [5.74, 6) is 0.225. The van der Waals surface area contributed by atoms with Crippen molar-refractivity contribution >= 4 is 21.7 Å². The summed E-state index contributed by atoms with van der Waals surface area (Å²) < 4.78 is 31.2. The lowest BCUT2D eigenvalue weighted by Crippen LogP contribution is -2.19. The maximum atomic E-state index is 12.9. The summed E-state index contributed by atoms with van der Waals surface area (Å²) in [4.78, 5) is 11.7. The van der Waals surface area contributed by atoms with Gasteiger partial charge in [0.05, 0.1) is 0 Å². The van der Waals surface area contributed by atoms with Gasteiger partial charge in [0.25, 0.3) is 0 Å². The molecule has 1 amide bonds. The molecular weight excluding hydrogens is 338 g/mol. The maximum absolute atomic E-state index is 12.9. The molecule has 132 valence electrons. The smallest absolute Gasteiger partial charge is 0.339 e. The molecule has 1 heterocycles. The van der Waals surface area contributed by atoms with E-state index in [0.29, 0.717) is 29.7 Å². The summed E-state index contributed by atoms with van der Waals surface area (Å²) in [6, 6.07) is 6.90. The summed E-state index contributed by atoms with van der Waals surface area (Å²) in [5, 5.41) is 2.77. The highest BCUT2D eigenvalue weighted by Gasteiger charge is 2.25. The molecule has 0 aromatic heterocycles. The minimum absolute atomic E-state index is 0.0322. The van der Waals surface area contributed by atoms with Crippen LogP contribution in [0.3, 0.4) is 0 Å². The Morgan fingerprint density at radius 2 is 1.60 bits per heavy atom. The topological polar surface area (TPSA) is 72.5 Å². The van der Waals surface area contributed by atoms with Gasteiger partial charge in [-0.3, -0.25) is 4.79 Å². The number of benzene rings is 2. The zero-order chi connectivity index (χ0) is 18.4. The molecule has 0 unspecified atom stereocenters. The highest BCUT2D eigenvalue weighted by atomic mass is 32.2. The summed E-state index contributed by atoms with van der Waals surface area (Å²) in [6.45, 7) is 7.37. The van der Waals surface area contributed by atoms with Crippen molar-refractivity contribution < 1.29 is 17.4 Å². The molecule has 0 spiro atoms. The molecule has 1 aliphatic heterocycles. The summed E-state index contributed by atoms with van der Waals surface area (Å²) in [5.41, 5.74) is 4.82. The first kappa shape index (κ1) is 17.5. The van der Waals surface area contributed by atoms with E-state index in [9.17, 15) is 13.2 Å². The molecule has 2 aromatic carbocycles. The Labute approximate surface area is 148 Å². The molecule has 0 atom stereocenters. The van der Waals surface area contributed by atoms with Gasteiger partial charge >= 0.3 is 10.1 Å². The SMILES string of the molecule is Cc1cc(C)c(C)c(S(=O)(=O)Oc2ccc3c(c2)CCC(=O)N3)c1C. The van der Waals surface area contributed by atoms with E-state index in [1.165, 1.54) is 0 Å². The minimum Gasteiger partial charge on any atom is -0.379 e. The molecule has 5 nitrogen and oxygen atoms in total. The first-order chi connectivity index (χ1) is 11.7. The van der Waals surface area contributed by atoms with Crippen molar-refractivity contribution in [2.45, 2.75) is 45.4 Å². The number of nitrogens with one attached hydrogen (secondary N) is 1. The van der Waals surface area contributed by atoms with Gasteiger partial charge in [-0.2, -0.15) is 8.42 Å². The molecule has 2 aromatic rings. The molecule has 0 saturated carbocycles. The van der Waals surface area contributed by atoms with Crippen LogP contribution in [0.2, 0.25) is 0 Å². The van der Waals surface area contributed by atoms with Gasteiger partial charge in [0, 0.05) is 12.1 Å². The third-order valence-electron chi connectivity index (χ3n) is 4.73. The first-order valence-corrected chi connectivity index (χ1v) is 9.54. The van der Waals surface area contributed by atoms with E-state index in [-0.39, 0.29) is 16.6 Å². The van der Waals surface area contributed by atoms with Gasteiger partial charge in [-0.05, 0) is 80.1 Å². The lowest BCUT2D eigenvalue weighted by molar-refractivity contribution is -0.116. The molecule has 1 N–H and O–H groups in total. The van der Waals surface area contributed by atoms with Crippen LogP contribution in [0.1, 0.15) is 34.2 Å². The normalized spacial score (nSPS) is 14.0. The molecule has 1 aliphatic rings. The fourth-order valence-electron chi connectivity index (χ4n) is 3.14. The number of carbonyl (C=O) groups is 1. The number of fused-ring (bicyclic) bond motifs is 1. The predicted octanol–water partition coefficient (Wildman–Crippen LogP) is 3.57. The Morgan fingerprint density at radius 1 is 0.960 bits per heavy atom. The number of amides is 1. The van der Waals surface area contributed by atoms with Gasteiger partial charge < -0.3 is 9.50 Å². The fourth-order valence-corrected chi connectivity index (χ4v) is 4.65. The van der Waals surface area contributed by atoms with Crippen molar-refractivity contribution in [3.8, 4) is 5.75 Å². The molecule has 6 heteroatoms. The van der Waals surface area contributed by atoms with Crippen LogP contribution in [0.15, 0.2) is 29.2 Å². The van der Waals surface area contributed by atoms with Crippen molar-refractivity contribution in [3.63, 3.8) is 0 Å². The number of hydrogen-bond acceptors (Lipinski definition) is 4. The van der Waals surface area contributed by atoms with Crippen LogP contribution in [-0.2, 0) is 21.3 Å². The predicted molar refractivity (Wildman–Crippen MR) is 96.6 cm³/mol. The van der Waals surface area contributed by atoms with E-state index in [0.717, 1.165) is 16.7 Å². The highest BCUT2D eigenvalue weighted by molar-refractivity contribution is 7.87. The maximum Gasteiger partial charge on any atom is 0.339 e. The van der Waals surface area contributed by atoms with Crippen LogP contribution in [0.25, 0.3) is 0 Å². The van der Waals surface area contributed by atoms with Gasteiger partial charge in [0.2, 0.25) is 5.91 Å². The molecule has 0 fully saturated rings. The van der Waals surface area contributed by atoms with Crippen LogP contribution in [-0.4, -0.2) is 14.3 Å². The summed E-state index contributed by atoms with van der Waals surface area (Å²) >= 11 is 0. The van der Waals surface area contributed by atoms with Crippen LogP contribution in [0.4, 0.5) is 5.69 Å². The van der Waals surface area contributed by atoms with Gasteiger partial charge in [-0.1, -0.05) is 6.07 Å². The zero-order valence-corrected chi connectivity index (χ0v) is 15.6. The Hall–Kier alpha value is -2.34. The Bertz CT molecular complexity index is 951. The minimum atomic E-state index is -3.94. The van der Waals surface area contributed by atoms with E-state index in [1.807, 2.05) is 19.9 Å². The van der Waals surface area contributed by atoms with Gasteiger partial charge in [0.1, 0.15) is 10.6 Å². The molecule has 0 saturated heterocycles. The number of anilines is 1. The van der Waals surface area contributed by atoms with Crippen LogP contribution in [0, 0.1) is 27.7 Å². The quantitative estimate of drug-likeness (QED) is 0.850. The van der Waals surface area contributed by atoms with E-state index in [1.54, 1.807) is 32.0 Å². The van der Waals surface area contributed by atoms with E-state index >= 15 is 0 Å². The molecule has 3 rings (SSSR count). The first-order valence-electron chi connectivity index (χ1n) is 8.13. The third kappa shape index (κ3) is 3.26. The van der Waals surface area contributed by atoms with E-state index in [4.69, 9.17) is 4.18 Å². The number of aryl methyl sites for hydroxylation is 3. The van der Waals surface area contributed by atoms with Crippen molar-refractivity contribution in [2.75, 3.05) is 5.32 Å². The average molecular weight is 359 g/mol. The standard InChI is InChI=1S/C19H21NO4S/c1-11-9-12(2)14(4)19(13(11)3)25(22,23)24-16-6-7-17-15(10-16)5-8-18(21)20-17/h6-7,9-10H,5,8H2,1-4H3,(H,20,21). The highest BCUT2D eigenvalue weighted by Crippen LogP contribution is 2.31. The fraction of sp³-hybridized carbons (Fsp3) is 0.316. The number of rotatable bonds is 3. The second-order valence-electron chi connectivity index (χ2n) is 6.49. The van der Waals surface area contributed by atoms with Crippen LogP contribution >= 0.6 is 0 Å². The third-order valence-corrected chi connectivity index (χ3v) is 6.25. The van der Waals surface area contributed by atoms with Crippen LogP contribution < -0.4 is 9.50 Å². The number of carbonyl (C=O) groups excluding carboxylic acids is 1. The second-order valence-corrected chi connectivity index (χ2v) is 7.98. The van der Waals surface area contributed by atoms with E-state index in [2.05, 4.69) is 5.32 Å². The summed E-state index contributed by atoms with van der Waals surface area (Å²) in [6.07, 6.45) is 0.957. The monoisotopic (exact) mass is 359 g/mol. The van der Waals surface area contributed by atoms with Crippen LogP contribution in [0.5, 0.6) is 5.75 Å². The Balaban J connectivity index is 2.00. The van der Waals surface area contributed by atoms with Crippen molar-refractivity contribution in [1.29, 1.82) is 0 Å². The van der Waals surface area contributed by atoms with Gasteiger partial charge in [-0.25, -0.2) is 0 Å². The lowest BCUT2D eigenvalue weighted by Gasteiger charge is -2.19. The molecule has 0 aliphatic carbocycles. The van der Waals surface area contributed by atoms with Gasteiger partial charge in [0.15, 0.2) is 0 Å². The van der Waals surface area contributed by atoms with E-state index < -0.39 is 10.1 Å². The number of hydrogen-bond donors (Lipinski definition) is 1. The summed E-state index contributed by atoms with van der Waals surface area (Å²) in [7, 11) is -3.94. The molecular formula is C19H21NO4S. The Kier molecular flexibility index (Phi) is 4.33. The van der Waals surface area contributed by atoms with Crippen molar-refractivity contribution in [2.24, 2.45) is 0 Å². The molecule has 25 heavy (non-hydrogen) atoms. The second kappa shape index (κ2) is 6.19. The molecule has 0 bridgehead atoms. The zero-order valence-electron chi connectivity index (χ0n) is 14.8. The average Bonchev–Trinajstić information content (AvgIpc) is 2.53. The largest absolute Gasteiger partial charge is 0.379 e.